The fourth-order valence-corrected chi connectivity index (χ4v) is 2.63. The number of rotatable bonds is 3. The van der Waals surface area contributed by atoms with Gasteiger partial charge in [-0.15, -0.1) is 0 Å². The monoisotopic (exact) mass is 251 g/mol. The van der Waals surface area contributed by atoms with Crippen molar-refractivity contribution in [3.63, 3.8) is 0 Å². The number of nitrogens with one attached hydrogen (secondary N) is 1. The first-order valence-electron chi connectivity index (χ1n) is 6.36. The van der Waals surface area contributed by atoms with Crippen LogP contribution in [0.2, 0.25) is 0 Å². The van der Waals surface area contributed by atoms with E-state index in [2.05, 4.69) is 10.4 Å². The molecule has 100 valence electrons. The normalized spacial score (nSPS) is 23.9. The number of carbonyl (C=O) groups is 1. The number of primary amides is 1. The number of nitrogens with zero attached hydrogens (tertiary/aromatic N) is 2. The molecule has 1 fully saturated rings. The molecule has 6 heteroatoms. The van der Waals surface area contributed by atoms with Gasteiger partial charge in [0.2, 0.25) is 0 Å². The van der Waals surface area contributed by atoms with Crippen LogP contribution in [-0.2, 0) is 7.05 Å². The Morgan fingerprint density at radius 2 is 2.11 bits per heavy atom. The number of anilines is 1. The van der Waals surface area contributed by atoms with Gasteiger partial charge in [0.1, 0.15) is 11.4 Å². The zero-order valence-electron chi connectivity index (χ0n) is 10.9. The largest absolute Gasteiger partial charge is 0.365 e. The molecule has 2 atom stereocenters. The minimum Gasteiger partial charge on any atom is -0.365 e. The number of aromatic nitrogens is 2. The quantitative estimate of drug-likeness (QED) is 0.728. The highest BCUT2D eigenvalue weighted by Crippen LogP contribution is 2.24. The van der Waals surface area contributed by atoms with E-state index in [1.165, 1.54) is 6.42 Å². The summed E-state index contributed by atoms with van der Waals surface area (Å²) < 4.78 is 1.66. The zero-order chi connectivity index (χ0) is 13.3. The van der Waals surface area contributed by atoms with E-state index in [1.54, 1.807) is 18.7 Å². The molecule has 1 amide bonds. The van der Waals surface area contributed by atoms with Gasteiger partial charge >= 0.3 is 0 Å². The van der Waals surface area contributed by atoms with Crippen LogP contribution in [0.4, 0.5) is 5.82 Å². The van der Waals surface area contributed by atoms with Crippen LogP contribution in [0.3, 0.4) is 0 Å². The summed E-state index contributed by atoms with van der Waals surface area (Å²) in [7, 11) is 1.80. The van der Waals surface area contributed by atoms with E-state index in [-0.39, 0.29) is 12.1 Å². The van der Waals surface area contributed by atoms with Crippen LogP contribution < -0.4 is 16.8 Å². The first kappa shape index (κ1) is 12.9. The van der Waals surface area contributed by atoms with Crippen molar-refractivity contribution in [2.45, 2.75) is 44.7 Å². The minimum atomic E-state index is -0.451. The molecule has 1 heterocycles. The second-order valence-electron chi connectivity index (χ2n) is 5.00. The van der Waals surface area contributed by atoms with E-state index in [9.17, 15) is 4.79 Å². The Kier molecular flexibility index (Phi) is 3.56. The van der Waals surface area contributed by atoms with Crippen LogP contribution in [0.5, 0.6) is 0 Å². The third-order valence-electron chi connectivity index (χ3n) is 3.61. The van der Waals surface area contributed by atoms with E-state index in [0.29, 0.717) is 17.1 Å². The number of carbonyl (C=O) groups excluding carboxylic acids is 1. The molecule has 0 bridgehead atoms. The van der Waals surface area contributed by atoms with E-state index in [4.69, 9.17) is 11.5 Å². The average Bonchev–Trinajstić information content (AvgIpc) is 2.57. The van der Waals surface area contributed by atoms with Gasteiger partial charge in [-0.25, -0.2) is 0 Å². The second-order valence-corrected chi connectivity index (χ2v) is 5.00. The van der Waals surface area contributed by atoms with Crippen LogP contribution >= 0.6 is 0 Å². The summed E-state index contributed by atoms with van der Waals surface area (Å²) in [4.78, 5) is 11.5. The Labute approximate surface area is 107 Å². The van der Waals surface area contributed by atoms with Gasteiger partial charge in [-0.1, -0.05) is 12.8 Å². The van der Waals surface area contributed by atoms with Crippen LogP contribution in [0.25, 0.3) is 0 Å². The maximum atomic E-state index is 11.5. The fraction of sp³-hybridized carbons (Fsp3) is 0.667. The van der Waals surface area contributed by atoms with Crippen LogP contribution in [0.1, 0.15) is 41.7 Å². The first-order valence-corrected chi connectivity index (χ1v) is 6.36. The molecule has 2 unspecified atom stereocenters. The van der Waals surface area contributed by atoms with Crippen molar-refractivity contribution in [1.29, 1.82) is 0 Å². The lowest BCUT2D eigenvalue weighted by Crippen LogP contribution is -2.43. The third kappa shape index (κ3) is 2.33. The summed E-state index contributed by atoms with van der Waals surface area (Å²) in [6.07, 6.45) is 4.37. The zero-order valence-corrected chi connectivity index (χ0v) is 10.9. The van der Waals surface area contributed by atoms with Crippen LogP contribution in [0, 0.1) is 6.92 Å². The highest BCUT2D eigenvalue weighted by Gasteiger charge is 2.25. The summed E-state index contributed by atoms with van der Waals surface area (Å²) >= 11 is 0. The molecular weight excluding hydrogens is 230 g/mol. The molecule has 2 rings (SSSR count). The van der Waals surface area contributed by atoms with Crippen LogP contribution in [-0.4, -0.2) is 27.8 Å². The Balaban J connectivity index is 2.25. The Hall–Kier alpha value is -1.56. The maximum absolute atomic E-state index is 11.5. The summed E-state index contributed by atoms with van der Waals surface area (Å²) in [6.45, 7) is 1.78. The standard InChI is InChI=1S/C12H21N5O/c1-7-10(11(14)18)12(17(2)16-7)15-9-6-4-3-5-8(9)13/h8-9,15H,3-6,13H2,1-2H3,(H2,14,18). The topological polar surface area (TPSA) is 99.0 Å². The molecule has 0 saturated heterocycles. The molecule has 1 aromatic rings. The molecule has 0 aromatic carbocycles. The van der Waals surface area contributed by atoms with Gasteiger partial charge in [-0.05, 0) is 19.8 Å². The molecule has 1 aromatic heterocycles. The van der Waals surface area contributed by atoms with E-state index >= 15 is 0 Å². The lowest BCUT2D eigenvalue weighted by Gasteiger charge is -2.30. The van der Waals surface area contributed by atoms with Gasteiger partial charge in [-0.3, -0.25) is 9.48 Å². The minimum absolute atomic E-state index is 0.120. The van der Waals surface area contributed by atoms with Gasteiger partial charge < -0.3 is 16.8 Å². The molecule has 1 aliphatic rings. The van der Waals surface area contributed by atoms with Crippen molar-refractivity contribution >= 4 is 11.7 Å². The smallest absolute Gasteiger partial charge is 0.254 e. The summed E-state index contributed by atoms with van der Waals surface area (Å²) in [5, 5.41) is 7.58. The molecule has 0 radical (unpaired) electrons. The summed E-state index contributed by atoms with van der Waals surface area (Å²) in [5.41, 5.74) is 12.6. The second kappa shape index (κ2) is 4.97. The van der Waals surface area contributed by atoms with Gasteiger partial charge in [0.15, 0.2) is 0 Å². The lowest BCUT2D eigenvalue weighted by atomic mass is 9.91. The van der Waals surface area contributed by atoms with Crippen LogP contribution in [0.15, 0.2) is 0 Å². The predicted molar refractivity (Wildman–Crippen MR) is 70.3 cm³/mol. The SMILES string of the molecule is Cc1nn(C)c(NC2CCCCC2N)c1C(N)=O. The highest BCUT2D eigenvalue weighted by atomic mass is 16.1. The summed E-state index contributed by atoms with van der Waals surface area (Å²) in [5.74, 6) is 0.231. The summed E-state index contributed by atoms with van der Waals surface area (Å²) in [6, 6.07) is 0.307. The first-order chi connectivity index (χ1) is 8.50. The van der Waals surface area contributed by atoms with Crippen molar-refractivity contribution in [2.75, 3.05) is 5.32 Å². The number of nitrogens with two attached hydrogens (primary N) is 2. The Morgan fingerprint density at radius 3 is 2.72 bits per heavy atom. The molecule has 6 nitrogen and oxygen atoms in total. The molecule has 1 saturated carbocycles. The van der Waals surface area contributed by atoms with E-state index in [0.717, 1.165) is 19.3 Å². The third-order valence-corrected chi connectivity index (χ3v) is 3.61. The van der Waals surface area contributed by atoms with Gasteiger partial charge in [0.25, 0.3) is 5.91 Å². The molecular formula is C12H21N5O. The van der Waals surface area contributed by atoms with Crippen molar-refractivity contribution in [3.05, 3.63) is 11.3 Å². The maximum Gasteiger partial charge on any atom is 0.254 e. The molecule has 5 N–H and O–H groups in total. The van der Waals surface area contributed by atoms with Gasteiger partial charge in [0.05, 0.1) is 5.69 Å². The van der Waals surface area contributed by atoms with Gasteiger partial charge in [-0.2, -0.15) is 5.10 Å². The fourth-order valence-electron chi connectivity index (χ4n) is 2.63. The average molecular weight is 251 g/mol. The van der Waals surface area contributed by atoms with Crippen molar-refractivity contribution in [2.24, 2.45) is 18.5 Å². The lowest BCUT2D eigenvalue weighted by molar-refractivity contribution is 0.100. The van der Waals surface area contributed by atoms with E-state index < -0.39 is 5.91 Å². The Morgan fingerprint density at radius 1 is 1.44 bits per heavy atom. The van der Waals surface area contributed by atoms with E-state index in [1.807, 2.05) is 0 Å². The molecule has 18 heavy (non-hydrogen) atoms. The van der Waals surface area contributed by atoms with Gasteiger partial charge in [0, 0.05) is 19.1 Å². The molecule has 0 spiro atoms. The molecule has 1 aliphatic carbocycles. The van der Waals surface area contributed by atoms with Crippen molar-refractivity contribution < 1.29 is 4.79 Å². The molecule has 0 aliphatic heterocycles. The number of hydrogen-bond donors (Lipinski definition) is 3. The Bertz CT molecular complexity index is 454. The number of hydrogen-bond acceptors (Lipinski definition) is 4. The number of amides is 1. The highest BCUT2D eigenvalue weighted by molar-refractivity contribution is 5.98. The number of aryl methyl sites for hydroxylation is 2. The van der Waals surface area contributed by atoms with Crippen molar-refractivity contribution in [3.8, 4) is 0 Å². The predicted octanol–water partition coefficient (Wildman–Crippen LogP) is 0.509. The van der Waals surface area contributed by atoms with Crippen molar-refractivity contribution in [1.82, 2.24) is 9.78 Å².